The smallest absolute Gasteiger partial charge is 0.259 e. The molecule has 0 aromatic heterocycles. The molecule has 71 valence electrons. The van der Waals surface area contributed by atoms with E-state index in [1.165, 1.54) is 0 Å². The molecular weight excluding hydrogens is 168 g/mol. The highest BCUT2D eigenvalue weighted by Crippen LogP contribution is 2.26. The van der Waals surface area contributed by atoms with Gasteiger partial charge in [0.15, 0.2) is 0 Å². The lowest BCUT2D eigenvalue weighted by molar-refractivity contribution is 0.0256. The number of hydrogen-bond acceptors (Lipinski definition) is 3. The quantitative estimate of drug-likeness (QED) is 0.709. The van der Waals surface area contributed by atoms with E-state index in [9.17, 15) is 0 Å². The van der Waals surface area contributed by atoms with E-state index < -0.39 is 0 Å². The molecule has 0 heterocycles. The lowest BCUT2D eigenvalue weighted by Crippen LogP contribution is -2.06. The normalized spacial score (nSPS) is 10.5. The second-order valence-corrected chi connectivity index (χ2v) is 2.40. The van der Waals surface area contributed by atoms with Crippen LogP contribution in [0.2, 0.25) is 0 Å². The minimum Gasteiger partial charge on any atom is -0.496 e. The molecule has 3 nitrogen and oxygen atoms in total. The molecule has 0 fully saturated rings. The van der Waals surface area contributed by atoms with Gasteiger partial charge in [-0.05, 0) is 12.1 Å². The maximum absolute atomic E-state index is 5.15. The Morgan fingerprint density at radius 1 is 1.00 bits per heavy atom. The summed E-state index contributed by atoms with van der Waals surface area (Å²) in [5, 5.41) is 0. The Balaban J connectivity index is 2.96. The van der Waals surface area contributed by atoms with Crippen molar-refractivity contribution in [3.63, 3.8) is 0 Å². The first-order valence-electron chi connectivity index (χ1n) is 3.91. The molecule has 0 spiro atoms. The van der Waals surface area contributed by atoms with Crippen molar-refractivity contribution in [1.29, 1.82) is 0 Å². The molecule has 1 aromatic rings. The van der Waals surface area contributed by atoms with Crippen LogP contribution >= 0.6 is 0 Å². The van der Waals surface area contributed by atoms with Crippen LogP contribution in [0.3, 0.4) is 0 Å². The minimum atomic E-state index is 0.456. The fourth-order valence-electron chi connectivity index (χ4n) is 1.12. The van der Waals surface area contributed by atoms with Crippen molar-refractivity contribution in [3.05, 3.63) is 36.1 Å². The van der Waals surface area contributed by atoms with Crippen LogP contribution in [0.4, 0.5) is 0 Å². The van der Waals surface area contributed by atoms with Crippen molar-refractivity contribution in [2.24, 2.45) is 0 Å². The molecule has 3 heteroatoms. The molecule has 0 aliphatic rings. The summed E-state index contributed by atoms with van der Waals surface area (Å²) in [6, 6.07) is 7.52. The molecule has 1 radical (unpaired) electrons. The summed E-state index contributed by atoms with van der Waals surface area (Å²) < 4.78 is 15.2. The Morgan fingerprint density at radius 2 is 1.62 bits per heavy atom. The van der Waals surface area contributed by atoms with Gasteiger partial charge in [-0.25, -0.2) is 0 Å². The molecule has 0 N–H and O–H groups in total. The SMILES string of the molecule is CO[C](OC)c1ccccc1OC. The molecule has 0 saturated carbocycles. The van der Waals surface area contributed by atoms with Crippen LogP contribution in [0.1, 0.15) is 5.56 Å². The fraction of sp³-hybridized carbons (Fsp3) is 0.300. The standard InChI is InChI=1S/C10H13O3/c1-11-9-7-5-4-6-8(9)10(12-2)13-3/h4-7H,1-3H3. The van der Waals surface area contributed by atoms with E-state index in [0.717, 1.165) is 11.3 Å². The lowest BCUT2D eigenvalue weighted by Gasteiger charge is -2.14. The molecule has 0 amide bonds. The zero-order valence-corrected chi connectivity index (χ0v) is 8.03. The van der Waals surface area contributed by atoms with Crippen LogP contribution in [0.25, 0.3) is 0 Å². The maximum Gasteiger partial charge on any atom is 0.259 e. The Labute approximate surface area is 78.2 Å². The molecule has 0 bridgehead atoms. The predicted octanol–water partition coefficient (Wildman–Crippen LogP) is 1.83. The van der Waals surface area contributed by atoms with Crippen molar-refractivity contribution in [2.75, 3.05) is 21.3 Å². The number of rotatable bonds is 4. The fourth-order valence-corrected chi connectivity index (χ4v) is 1.12. The number of hydrogen-bond donors (Lipinski definition) is 0. The van der Waals surface area contributed by atoms with Crippen molar-refractivity contribution < 1.29 is 14.2 Å². The van der Waals surface area contributed by atoms with Gasteiger partial charge in [-0.2, -0.15) is 0 Å². The van der Waals surface area contributed by atoms with E-state index >= 15 is 0 Å². The Hall–Kier alpha value is -1.06. The summed E-state index contributed by atoms with van der Waals surface area (Å²) in [5.41, 5.74) is 0.815. The first-order chi connectivity index (χ1) is 6.33. The van der Waals surface area contributed by atoms with Crippen LogP contribution in [0.15, 0.2) is 24.3 Å². The number of benzene rings is 1. The third kappa shape index (κ3) is 2.20. The molecular formula is C10H13O3. The van der Waals surface area contributed by atoms with Crippen molar-refractivity contribution in [1.82, 2.24) is 0 Å². The summed E-state index contributed by atoms with van der Waals surface area (Å²) in [6.45, 7) is 0. The van der Waals surface area contributed by atoms with Crippen LogP contribution < -0.4 is 4.74 Å². The van der Waals surface area contributed by atoms with Gasteiger partial charge in [0.05, 0.1) is 12.7 Å². The Morgan fingerprint density at radius 3 is 2.15 bits per heavy atom. The molecule has 1 rings (SSSR count). The predicted molar refractivity (Wildman–Crippen MR) is 49.4 cm³/mol. The van der Waals surface area contributed by atoms with Crippen molar-refractivity contribution >= 4 is 0 Å². The van der Waals surface area contributed by atoms with Gasteiger partial charge in [0, 0.05) is 14.2 Å². The van der Waals surface area contributed by atoms with Crippen LogP contribution in [-0.2, 0) is 9.47 Å². The zero-order valence-electron chi connectivity index (χ0n) is 8.03. The van der Waals surface area contributed by atoms with Crippen LogP contribution in [0, 0.1) is 6.29 Å². The zero-order chi connectivity index (χ0) is 9.68. The topological polar surface area (TPSA) is 27.7 Å². The first kappa shape index (κ1) is 10.0. The highest BCUT2D eigenvalue weighted by Gasteiger charge is 2.15. The van der Waals surface area contributed by atoms with Crippen molar-refractivity contribution in [3.8, 4) is 5.75 Å². The Kier molecular flexibility index (Phi) is 3.73. The van der Waals surface area contributed by atoms with Crippen LogP contribution in [0.5, 0.6) is 5.75 Å². The second kappa shape index (κ2) is 4.84. The van der Waals surface area contributed by atoms with Gasteiger partial charge >= 0.3 is 0 Å². The van der Waals surface area contributed by atoms with E-state index in [1.807, 2.05) is 24.3 Å². The van der Waals surface area contributed by atoms with E-state index in [-0.39, 0.29) is 0 Å². The summed E-state index contributed by atoms with van der Waals surface area (Å²) in [5.74, 6) is 0.737. The summed E-state index contributed by atoms with van der Waals surface area (Å²) in [4.78, 5) is 0. The minimum absolute atomic E-state index is 0.456. The third-order valence-electron chi connectivity index (χ3n) is 1.70. The lowest BCUT2D eigenvalue weighted by atomic mass is 10.2. The van der Waals surface area contributed by atoms with Gasteiger partial charge < -0.3 is 14.2 Å². The summed E-state index contributed by atoms with van der Waals surface area (Å²) in [7, 11) is 4.73. The summed E-state index contributed by atoms with van der Waals surface area (Å²) in [6.07, 6.45) is 0.456. The second-order valence-electron chi connectivity index (χ2n) is 2.40. The molecule has 0 saturated heterocycles. The van der Waals surface area contributed by atoms with Gasteiger partial charge in [-0.3, -0.25) is 0 Å². The average molecular weight is 181 g/mol. The molecule has 1 aromatic carbocycles. The number of para-hydroxylation sites is 1. The molecule has 0 unspecified atom stereocenters. The van der Waals surface area contributed by atoms with Gasteiger partial charge in [-0.15, -0.1) is 0 Å². The molecule has 13 heavy (non-hydrogen) atoms. The average Bonchev–Trinajstić information content (AvgIpc) is 2.20. The number of ether oxygens (including phenoxy) is 3. The van der Waals surface area contributed by atoms with E-state index in [4.69, 9.17) is 14.2 Å². The maximum atomic E-state index is 5.15. The molecule has 0 aliphatic carbocycles. The third-order valence-corrected chi connectivity index (χ3v) is 1.70. The van der Waals surface area contributed by atoms with Gasteiger partial charge in [0.25, 0.3) is 6.29 Å². The van der Waals surface area contributed by atoms with E-state index in [0.29, 0.717) is 6.29 Å². The largest absolute Gasteiger partial charge is 0.496 e. The first-order valence-corrected chi connectivity index (χ1v) is 3.91. The van der Waals surface area contributed by atoms with Crippen molar-refractivity contribution in [2.45, 2.75) is 0 Å². The van der Waals surface area contributed by atoms with E-state index in [1.54, 1.807) is 21.3 Å². The number of methoxy groups -OCH3 is 3. The summed E-state index contributed by atoms with van der Waals surface area (Å²) >= 11 is 0. The monoisotopic (exact) mass is 181 g/mol. The van der Waals surface area contributed by atoms with E-state index in [2.05, 4.69) is 0 Å². The highest BCUT2D eigenvalue weighted by atomic mass is 16.7. The van der Waals surface area contributed by atoms with Crippen LogP contribution in [-0.4, -0.2) is 21.3 Å². The van der Waals surface area contributed by atoms with Gasteiger partial charge in [-0.1, -0.05) is 12.1 Å². The van der Waals surface area contributed by atoms with Gasteiger partial charge in [0.2, 0.25) is 0 Å². The molecule has 0 atom stereocenters. The highest BCUT2D eigenvalue weighted by molar-refractivity contribution is 5.39. The Bertz CT molecular complexity index is 256. The van der Waals surface area contributed by atoms with Gasteiger partial charge in [0.1, 0.15) is 5.75 Å². The molecule has 0 aliphatic heterocycles.